The van der Waals surface area contributed by atoms with Crippen LogP contribution in [0.4, 0.5) is 11.4 Å². The first kappa shape index (κ1) is 20.9. The summed E-state index contributed by atoms with van der Waals surface area (Å²) in [5.74, 6) is 0. The Hall–Kier alpha value is -2.10. The van der Waals surface area contributed by atoms with Gasteiger partial charge in [-0.15, -0.1) is 0 Å². The van der Waals surface area contributed by atoms with Crippen molar-refractivity contribution in [2.45, 2.75) is 53.0 Å². The Balaban J connectivity index is 0.000000251. The van der Waals surface area contributed by atoms with Gasteiger partial charge in [0.05, 0.1) is 11.4 Å². The molecule has 0 spiro atoms. The van der Waals surface area contributed by atoms with E-state index < -0.39 is 0 Å². The summed E-state index contributed by atoms with van der Waals surface area (Å²) in [6.07, 6.45) is 6.28. The Bertz CT molecular complexity index is 689. The van der Waals surface area contributed by atoms with Crippen LogP contribution >= 0.6 is 0 Å². The minimum atomic E-state index is 0.279. The molecule has 0 heterocycles. The van der Waals surface area contributed by atoms with Gasteiger partial charge in [-0.1, -0.05) is 26.8 Å². The normalized spacial score (nSPS) is 24.2. The largest absolute Gasteiger partial charge is 0.330 e. The highest BCUT2D eigenvalue weighted by atomic mass is 16.1. The Morgan fingerprint density at radius 3 is 2.32 bits per heavy atom. The Morgan fingerprint density at radius 2 is 1.80 bits per heavy atom. The fraction of sp³-hybridized carbons (Fsp3) is 0.579. The first-order valence-corrected chi connectivity index (χ1v) is 8.37. The van der Waals surface area contributed by atoms with Crippen LogP contribution < -0.4 is 11.5 Å². The number of hydrogen-bond donors (Lipinski definition) is 2. The molecule has 136 valence electrons. The van der Waals surface area contributed by atoms with E-state index in [0.717, 1.165) is 24.9 Å². The SMILES string of the molecule is CC1(C)CC(N)CC(C)(CN)C1.Cc1ccc(N=C=O)cc1N=C=O. The lowest BCUT2D eigenvalue weighted by molar-refractivity contribution is 0.0904. The van der Waals surface area contributed by atoms with Gasteiger partial charge < -0.3 is 11.5 Å². The van der Waals surface area contributed by atoms with Gasteiger partial charge in [0.2, 0.25) is 12.2 Å². The van der Waals surface area contributed by atoms with E-state index in [4.69, 9.17) is 11.5 Å². The van der Waals surface area contributed by atoms with Gasteiger partial charge in [0.15, 0.2) is 0 Å². The van der Waals surface area contributed by atoms with Crippen molar-refractivity contribution < 1.29 is 9.59 Å². The number of aryl methyl sites for hydroxylation is 1. The van der Waals surface area contributed by atoms with Gasteiger partial charge in [-0.05, 0) is 61.3 Å². The highest BCUT2D eigenvalue weighted by molar-refractivity contribution is 5.61. The van der Waals surface area contributed by atoms with Crippen molar-refractivity contribution in [3.05, 3.63) is 23.8 Å². The summed E-state index contributed by atoms with van der Waals surface area (Å²) in [6, 6.07) is 5.23. The van der Waals surface area contributed by atoms with Crippen molar-refractivity contribution in [3.8, 4) is 0 Å². The third-order valence-electron chi connectivity index (χ3n) is 4.50. The zero-order chi connectivity index (χ0) is 19.1. The van der Waals surface area contributed by atoms with Crippen molar-refractivity contribution in [1.29, 1.82) is 0 Å². The second-order valence-electron chi connectivity index (χ2n) is 7.90. The Labute approximate surface area is 149 Å². The van der Waals surface area contributed by atoms with Crippen molar-refractivity contribution in [1.82, 2.24) is 0 Å². The molecule has 1 fully saturated rings. The van der Waals surface area contributed by atoms with Crippen LogP contribution in [0.25, 0.3) is 0 Å². The van der Waals surface area contributed by atoms with E-state index in [1.165, 1.54) is 24.6 Å². The summed E-state index contributed by atoms with van der Waals surface area (Å²) in [7, 11) is 0. The molecule has 0 saturated heterocycles. The molecule has 6 nitrogen and oxygen atoms in total. The number of carbonyl (C=O) groups excluding carboxylic acids is 2. The highest BCUT2D eigenvalue weighted by Crippen LogP contribution is 2.44. The zero-order valence-corrected chi connectivity index (χ0v) is 15.5. The minimum Gasteiger partial charge on any atom is -0.330 e. The number of benzene rings is 1. The zero-order valence-electron chi connectivity index (χ0n) is 15.5. The maximum atomic E-state index is 10.00. The predicted octanol–water partition coefficient (Wildman–Crippen LogP) is 3.42. The van der Waals surface area contributed by atoms with Gasteiger partial charge in [-0.2, -0.15) is 9.98 Å². The maximum Gasteiger partial charge on any atom is 0.240 e. The van der Waals surface area contributed by atoms with E-state index >= 15 is 0 Å². The molecule has 1 aliphatic carbocycles. The van der Waals surface area contributed by atoms with Crippen molar-refractivity contribution in [2.24, 2.45) is 32.3 Å². The molecule has 1 aromatic rings. The van der Waals surface area contributed by atoms with Gasteiger partial charge in [-0.3, -0.25) is 0 Å². The van der Waals surface area contributed by atoms with Crippen molar-refractivity contribution in [3.63, 3.8) is 0 Å². The monoisotopic (exact) mass is 344 g/mol. The quantitative estimate of drug-likeness (QED) is 0.646. The highest BCUT2D eigenvalue weighted by Gasteiger charge is 2.38. The molecule has 6 heteroatoms. The van der Waals surface area contributed by atoms with Crippen LogP contribution in [0.2, 0.25) is 0 Å². The van der Waals surface area contributed by atoms with E-state index in [2.05, 4.69) is 30.8 Å². The average Bonchev–Trinajstić information content (AvgIpc) is 2.49. The van der Waals surface area contributed by atoms with Crippen LogP contribution in [0.5, 0.6) is 0 Å². The molecule has 0 aliphatic heterocycles. The smallest absolute Gasteiger partial charge is 0.240 e. The van der Waals surface area contributed by atoms with Crippen LogP contribution in [0.3, 0.4) is 0 Å². The summed E-state index contributed by atoms with van der Waals surface area (Å²) in [5, 5.41) is 0. The predicted molar refractivity (Wildman–Crippen MR) is 99.5 cm³/mol. The molecule has 0 bridgehead atoms. The van der Waals surface area contributed by atoms with Crippen LogP contribution in [-0.4, -0.2) is 24.7 Å². The fourth-order valence-corrected chi connectivity index (χ4v) is 3.76. The standard InChI is InChI=1S/C10H22N2.C9H6N2O2/c1-9(2)4-8(12)5-10(3,6-9)7-11;1-7-2-3-8(10-5-12)4-9(7)11-6-13/h8H,4-7,11-12H2,1-3H3;2-4H,1H3. The lowest BCUT2D eigenvalue weighted by Crippen LogP contribution is -2.45. The maximum absolute atomic E-state index is 10.00. The summed E-state index contributed by atoms with van der Waals surface area (Å²) in [6.45, 7) is 9.41. The summed E-state index contributed by atoms with van der Waals surface area (Å²) < 4.78 is 0. The summed E-state index contributed by atoms with van der Waals surface area (Å²) >= 11 is 0. The second-order valence-corrected chi connectivity index (χ2v) is 7.90. The molecule has 0 amide bonds. The molecule has 1 aliphatic rings. The van der Waals surface area contributed by atoms with E-state index in [0.29, 0.717) is 22.8 Å². The minimum absolute atomic E-state index is 0.279. The van der Waals surface area contributed by atoms with Gasteiger partial charge in [0, 0.05) is 6.04 Å². The van der Waals surface area contributed by atoms with Crippen LogP contribution in [-0.2, 0) is 9.59 Å². The van der Waals surface area contributed by atoms with Crippen LogP contribution in [0.15, 0.2) is 28.2 Å². The molecular weight excluding hydrogens is 316 g/mol. The summed E-state index contributed by atoms with van der Waals surface area (Å²) in [4.78, 5) is 26.8. The molecule has 1 aromatic carbocycles. The van der Waals surface area contributed by atoms with Crippen LogP contribution in [0.1, 0.15) is 45.6 Å². The number of nitrogens with zero attached hydrogens (tertiary/aromatic N) is 2. The van der Waals surface area contributed by atoms with Crippen molar-refractivity contribution >= 4 is 23.5 Å². The number of nitrogens with two attached hydrogens (primary N) is 2. The number of rotatable bonds is 3. The molecule has 4 N–H and O–H groups in total. The third kappa shape index (κ3) is 6.73. The lowest BCUT2D eigenvalue weighted by atomic mass is 9.63. The molecule has 0 aromatic heterocycles. The average molecular weight is 344 g/mol. The van der Waals surface area contributed by atoms with E-state index in [1.807, 2.05) is 0 Å². The van der Waals surface area contributed by atoms with E-state index in [-0.39, 0.29) is 5.41 Å². The number of isocyanates is 2. The van der Waals surface area contributed by atoms with Crippen LogP contribution in [0, 0.1) is 17.8 Å². The Kier molecular flexibility index (Phi) is 7.40. The van der Waals surface area contributed by atoms with Gasteiger partial charge in [-0.25, -0.2) is 9.59 Å². The fourth-order valence-electron chi connectivity index (χ4n) is 3.76. The molecule has 25 heavy (non-hydrogen) atoms. The first-order valence-electron chi connectivity index (χ1n) is 8.37. The molecule has 2 atom stereocenters. The second kappa shape index (κ2) is 8.84. The van der Waals surface area contributed by atoms with Crippen molar-refractivity contribution in [2.75, 3.05) is 6.54 Å². The molecule has 2 unspecified atom stereocenters. The van der Waals surface area contributed by atoms with Gasteiger partial charge >= 0.3 is 0 Å². The van der Waals surface area contributed by atoms with Gasteiger partial charge in [0.1, 0.15) is 0 Å². The topological polar surface area (TPSA) is 111 Å². The van der Waals surface area contributed by atoms with E-state index in [9.17, 15) is 9.59 Å². The molecule has 2 rings (SSSR count). The van der Waals surface area contributed by atoms with Gasteiger partial charge in [0.25, 0.3) is 0 Å². The Morgan fingerprint density at radius 1 is 1.16 bits per heavy atom. The molecule has 1 saturated carbocycles. The lowest BCUT2D eigenvalue weighted by Gasteiger charge is -2.45. The third-order valence-corrected chi connectivity index (χ3v) is 4.50. The summed E-state index contributed by atoms with van der Waals surface area (Å²) in [5.41, 5.74) is 14.1. The molecular formula is C19H28N4O2. The molecule has 0 radical (unpaired) electrons. The number of aliphatic imine (C=N–C) groups is 2. The first-order chi connectivity index (χ1) is 11.6. The van der Waals surface area contributed by atoms with E-state index in [1.54, 1.807) is 19.1 Å². The number of hydrogen-bond acceptors (Lipinski definition) is 6.